The lowest BCUT2D eigenvalue weighted by Crippen LogP contribution is -2.25. The zero-order valence-corrected chi connectivity index (χ0v) is 12.4. The highest BCUT2D eigenvalue weighted by atomic mass is 32.1. The van der Waals surface area contributed by atoms with Crippen LogP contribution in [0.2, 0.25) is 0 Å². The second kappa shape index (κ2) is 4.57. The van der Waals surface area contributed by atoms with Crippen molar-refractivity contribution in [3.63, 3.8) is 0 Å². The molecule has 4 heteroatoms. The fraction of sp³-hybridized carbons (Fsp3) is 0.438. The molecular weight excluding hydrogens is 266 g/mol. The molecule has 1 saturated heterocycles. The minimum Gasteiger partial charge on any atom is -0.337 e. The Morgan fingerprint density at radius 2 is 1.90 bits per heavy atom. The third-order valence-corrected chi connectivity index (χ3v) is 5.09. The zero-order chi connectivity index (χ0) is 13.7. The van der Waals surface area contributed by atoms with Crippen molar-refractivity contribution in [1.82, 2.24) is 14.5 Å². The van der Waals surface area contributed by atoms with E-state index in [1.54, 1.807) is 0 Å². The molecule has 2 fully saturated rings. The van der Waals surface area contributed by atoms with E-state index in [1.807, 2.05) is 6.20 Å². The Morgan fingerprint density at radius 3 is 2.50 bits per heavy atom. The summed E-state index contributed by atoms with van der Waals surface area (Å²) in [5, 5.41) is 0. The first-order valence-electron chi connectivity index (χ1n) is 7.27. The smallest absolute Gasteiger partial charge is 0.177 e. The van der Waals surface area contributed by atoms with Crippen LogP contribution in [0.25, 0.3) is 0 Å². The minimum absolute atomic E-state index is 0.640. The minimum atomic E-state index is 0.640. The standard InChI is InChI=1S/C16H19N3S/c1-11-7-17-16(20)19(11)15-13-9-18(10-14(13)15)8-12-5-3-2-4-6-12/h2-7,13-15H,8-10H2,1H3,(H,17,20). The van der Waals surface area contributed by atoms with Gasteiger partial charge >= 0.3 is 0 Å². The van der Waals surface area contributed by atoms with E-state index >= 15 is 0 Å². The number of piperidine rings is 1. The van der Waals surface area contributed by atoms with Crippen molar-refractivity contribution in [2.45, 2.75) is 19.5 Å². The van der Waals surface area contributed by atoms with Gasteiger partial charge in [-0.05, 0) is 36.5 Å². The molecular formula is C16H19N3S. The largest absolute Gasteiger partial charge is 0.337 e. The van der Waals surface area contributed by atoms with Crippen LogP contribution in [0.4, 0.5) is 0 Å². The summed E-state index contributed by atoms with van der Waals surface area (Å²) in [7, 11) is 0. The molecule has 2 aromatic rings. The first-order chi connectivity index (χ1) is 9.74. The van der Waals surface area contributed by atoms with Crippen LogP contribution in [-0.2, 0) is 6.54 Å². The van der Waals surface area contributed by atoms with Gasteiger partial charge in [0.05, 0.1) is 0 Å². The molecule has 2 aliphatic rings. The second-order valence-corrected chi connectivity index (χ2v) is 6.49. The molecule has 0 spiro atoms. The maximum Gasteiger partial charge on any atom is 0.177 e. The van der Waals surface area contributed by atoms with Crippen molar-refractivity contribution in [3.8, 4) is 0 Å². The number of hydrogen-bond donors (Lipinski definition) is 1. The molecule has 0 radical (unpaired) electrons. The van der Waals surface area contributed by atoms with Crippen LogP contribution in [-0.4, -0.2) is 27.5 Å². The van der Waals surface area contributed by atoms with Gasteiger partial charge in [-0.1, -0.05) is 30.3 Å². The van der Waals surface area contributed by atoms with Gasteiger partial charge in [-0.25, -0.2) is 0 Å². The third-order valence-electron chi connectivity index (χ3n) is 4.77. The molecule has 1 N–H and O–H groups in total. The van der Waals surface area contributed by atoms with Crippen LogP contribution >= 0.6 is 12.2 Å². The number of aromatic amines is 1. The number of fused-ring (bicyclic) bond motifs is 1. The highest BCUT2D eigenvalue weighted by molar-refractivity contribution is 7.71. The molecule has 1 saturated carbocycles. The highest BCUT2D eigenvalue weighted by Crippen LogP contribution is 2.55. The Balaban J connectivity index is 1.43. The zero-order valence-electron chi connectivity index (χ0n) is 11.6. The summed E-state index contributed by atoms with van der Waals surface area (Å²) < 4.78 is 3.21. The van der Waals surface area contributed by atoms with Crippen LogP contribution in [0, 0.1) is 23.5 Å². The highest BCUT2D eigenvalue weighted by Gasteiger charge is 2.57. The number of rotatable bonds is 3. The number of imidazole rings is 1. The Morgan fingerprint density at radius 1 is 1.20 bits per heavy atom. The lowest BCUT2D eigenvalue weighted by atomic mass is 10.2. The molecule has 3 nitrogen and oxygen atoms in total. The number of aryl methyl sites for hydroxylation is 1. The van der Waals surface area contributed by atoms with Gasteiger partial charge < -0.3 is 9.55 Å². The van der Waals surface area contributed by atoms with Gasteiger partial charge in [-0.3, -0.25) is 4.90 Å². The SMILES string of the molecule is Cc1c[nH]c(=S)n1C1C2CN(Cc3ccccc3)CC21. The summed E-state index contributed by atoms with van der Waals surface area (Å²) in [6, 6.07) is 11.4. The third kappa shape index (κ3) is 1.95. The molecule has 2 heterocycles. The predicted molar refractivity (Wildman–Crippen MR) is 82.1 cm³/mol. The average molecular weight is 285 g/mol. The fourth-order valence-electron chi connectivity index (χ4n) is 3.77. The van der Waals surface area contributed by atoms with Crippen LogP contribution in [0.5, 0.6) is 0 Å². The Hall–Kier alpha value is -1.39. The van der Waals surface area contributed by atoms with Crippen LogP contribution in [0.1, 0.15) is 17.3 Å². The van der Waals surface area contributed by atoms with Crippen LogP contribution in [0.15, 0.2) is 36.5 Å². The summed E-state index contributed by atoms with van der Waals surface area (Å²) in [4.78, 5) is 5.74. The van der Waals surface area contributed by atoms with Crippen LogP contribution < -0.4 is 0 Å². The molecule has 1 aliphatic carbocycles. The Bertz CT molecular complexity index is 661. The normalized spacial score (nSPS) is 28.6. The van der Waals surface area contributed by atoms with Crippen molar-refractivity contribution in [1.29, 1.82) is 0 Å². The van der Waals surface area contributed by atoms with Crippen molar-refractivity contribution in [2.75, 3.05) is 13.1 Å². The van der Waals surface area contributed by atoms with Gasteiger partial charge in [-0.15, -0.1) is 0 Å². The summed E-state index contributed by atoms with van der Waals surface area (Å²) in [5.41, 5.74) is 2.68. The Labute approximate surface area is 124 Å². The first-order valence-corrected chi connectivity index (χ1v) is 7.67. The molecule has 0 bridgehead atoms. The Kier molecular flexibility index (Phi) is 2.82. The number of H-pyrrole nitrogens is 1. The first kappa shape index (κ1) is 12.4. The molecule has 1 aromatic carbocycles. The number of benzene rings is 1. The molecule has 104 valence electrons. The number of nitrogens with zero attached hydrogens (tertiary/aromatic N) is 2. The van der Waals surface area contributed by atoms with Gasteiger partial charge in [-0.2, -0.15) is 0 Å². The maximum atomic E-state index is 5.40. The molecule has 4 rings (SSSR count). The van der Waals surface area contributed by atoms with Crippen molar-refractivity contribution >= 4 is 12.2 Å². The van der Waals surface area contributed by atoms with E-state index in [4.69, 9.17) is 12.2 Å². The van der Waals surface area contributed by atoms with Gasteiger partial charge in [0, 0.05) is 37.6 Å². The molecule has 0 amide bonds. The van der Waals surface area contributed by atoms with E-state index in [1.165, 1.54) is 24.3 Å². The topological polar surface area (TPSA) is 24.0 Å². The molecule has 1 aromatic heterocycles. The summed E-state index contributed by atoms with van der Waals surface area (Å²) in [6.07, 6.45) is 2.03. The quantitative estimate of drug-likeness (QED) is 0.876. The van der Waals surface area contributed by atoms with Crippen molar-refractivity contribution < 1.29 is 0 Å². The summed E-state index contributed by atoms with van der Waals surface area (Å²) >= 11 is 5.40. The fourth-order valence-corrected chi connectivity index (χ4v) is 4.10. The van der Waals surface area contributed by atoms with Gasteiger partial charge in [0.25, 0.3) is 0 Å². The molecule has 1 aliphatic heterocycles. The van der Waals surface area contributed by atoms with Crippen LogP contribution in [0.3, 0.4) is 0 Å². The number of likely N-dealkylation sites (tertiary alicyclic amines) is 1. The number of aromatic nitrogens is 2. The number of hydrogen-bond acceptors (Lipinski definition) is 2. The van der Waals surface area contributed by atoms with Crippen molar-refractivity contribution in [2.24, 2.45) is 11.8 Å². The second-order valence-electron chi connectivity index (χ2n) is 6.10. The molecule has 2 unspecified atom stereocenters. The average Bonchev–Trinajstić information content (AvgIpc) is 2.80. The van der Waals surface area contributed by atoms with E-state index in [0.717, 1.165) is 23.2 Å². The number of nitrogens with one attached hydrogen (secondary N) is 1. The van der Waals surface area contributed by atoms with E-state index < -0.39 is 0 Å². The van der Waals surface area contributed by atoms with E-state index in [9.17, 15) is 0 Å². The van der Waals surface area contributed by atoms with E-state index in [0.29, 0.717) is 6.04 Å². The van der Waals surface area contributed by atoms with Crippen molar-refractivity contribution in [3.05, 3.63) is 52.6 Å². The summed E-state index contributed by atoms with van der Waals surface area (Å²) in [5.74, 6) is 1.58. The van der Waals surface area contributed by atoms with Gasteiger partial charge in [0.1, 0.15) is 0 Å². The lowest BCUT2D eigenvalue weighted by Gasteiger charge is -2.20. The molecule has 20 heavy (non-hydrogen) atoms. The predicted octanol–water partition coefficient (Wildman–Crippen LogP) is 3.16. The van der Waals surface area contributed by atoms with E-state index in [-0.39, 0.29) is 0 Å². The monoisotopic (exact) mass is 285 g/mol. The van der Waals surface area contributed by atoms with E-state index in [2.05, 4.69) is 51.7 Å². The maximum absolute atomic E-state index is 5.40. The molecule has 2 atom stereocenters. The lowest BCUT2D eigenvalue weighted by molar-refractivity contribution is 0.276. The summed E-state index contributed by atoms with van der Waals surface area (Å²) in [6.45, 7) is 5.63. The van der Waals surface area contributed by atoms with Gasteiger partial charge in [0.15, 0.2) is 4.77 Å². The van der Waals surface area contributed by atoms with Gasteiger partial charge in [0.2, 0.25) is 0 Å².